The first-order chi connectivity index (χ1) is 6.52. The number of hydroxylamine groups is 2. The average molecular weight is 200 g/mol. The molecule has 2 aliphatic rings. The third kappa shape index (κ3) is 2.08. The fourth-order valence-electron chi connectivity index (χ4n) is 1.99. The fraction of sp³-hybridized carbons (Fsp3) is 1.00. The van der Waals surface area contributed by atoms with E-state index >= 15 is 0 Å². The van der Waals surface area contributed by atoms with Gasteiger partial charge in [0.2, 0.25) is 0 Å². The third-order valence-electron chi connectivity index (χ3n) is 2.92. The topological polar surface area (TPSA) is 44.8 Å². The number of nitrogens with zero attached hydrogens (tertiary/aromatic N) is 1. The zero-order valence-electron chi connectivity index (χ0n) is 8.91. The molecular weight excluding hydrogens is 182 g/mol. The van der Waals surface area contributed by atoms with E-state index in [9.17, 15) is 5.21 Å². The zero-order chi connectivity index (χ0) is 10.2. The van der Waals surface area contributed by atoms with Gasteiger partial charge in [-0.05, 0) is 13.1 Å². The SMILES string of the molecule is CC1(CN([O-])CC2(C)COC2)COC1. The third-order valence-corrected chi connectivity index (χ3v) is 2.92. The lowest BCUT2D eigenvalue weighted by Gasteiger charge is -2.49. The van der Waals surface area contributed by atoms with Gasteiger partial charge in [-0.15, -0.1) is 0 Å². The summed E-state index contributed by atoms with van der Waals surface area (Å²) < 4.78 is 10.2. The van der Waals surface area contributed by atoms with Crippen molar-refractivity contribution in [3.63, 3.8) is 0 Å². The molecule has 82 valence electrons. The summed E-state index contributed by atoms with van der Waals surface area (Å²) in [6, 6.07) is 0. The Labute approximate surface area is 84.7 Å². The number of ether oxygens (including phenoxy) is 2. The van der Waals surface area contributed by atoms with Crippen LogP contribution in [0.1, 0.15) is 13.8 Å². The molecule has 0 aromatic heterocycles. The lowest BCUT2D eigenvalue weighted by molar-refractivity contribution is -0.134. The molecule has 14 heavy (non-hydrogen) atoms. The first kappa shape index (κ1) is 10.4. The van der Waals surface area contributed by atoms with E-state index in [-0.39, 0.29) is 10.8 Å². The molecule has 0 unspecified atom stereocenters. The Balaban J connectivity index is 1.75. The second-order valence-electron chi connectivity index (χ2n) is 5.40. The van der Waals surface area contributed by atoms with Crippen molar-refractivity contribution in [1.29, 1.82) is 0 Å². The molecule has 2 fully saturated rings. The van der Waals surface area contributed by atoms with Gasteiger partial charge in [-0.2, -0.15) is 0 Å². The van der Waals surface area contributed by atoms with Gasteiger partial charge in [-0.25, -0.2) is 0 Å². The Kier molecular flexibility index (Phi) is 2.55. The van der Waals surface area contributed by atoms with Crippen LogP contribution in [-0.4, -0.2) is 44.6 Å². The van der Waals surface area contributed by atoms with Gasteiger partial charge in [0.15, 0.2) is 0 Å². The van der Waals surface area contributed by atoms with Gasteiger partial charge in [0.1, 0.15) is 0 Å². The Morgan fingerprint density at radius 1 is 1.00 bits per heavy atom. The van der Waals surface area contributed by atoms with Gasteiger partial charge in [-0.3, -0.25) is 0 Å². The molecule has 2 heterocycles. The Bertz CT molecular complexity index is 189. The molecule has 0 aliphatic carbocycles. The average Bonchev–Trinajstić information content (AvgIpc) is 1.98. The van der Waals surface area contributed by atoms with Crippen molar-refractivity contribution in [2.75, 3.05) is 39.5 Å². The molecule has 0 radical (unpaired) electrons. The van der Waals surface area contributed by atoms with Crippen LogP contribution in [0.25, 0.3) is 0 Å². The van der Waals surface area contributed by atoms with E-state index in [1.165, 1.54) is 5.06 Å². The van der Waals surface area contributed by atoms with Gasteiger partial charge in [-0.1, -0.05) is 13.8 Å². The van der Waals surface area contributed by atoms with Crippen molar-refractivity contribution >= 4 is 0 Å². The molecule has 0 atom stereocenters. The molecule has 0 aromatic carbocycles. The van der Waals surface area contributed by atoms with Gasteiger partial charge < -0.3 is 19.7 Å². The molecule has 0 saturated carbocycles. The second-order valence-corrected chi connectivity index (χ2v) is 5.40. The maximum absolute atomic E-state index is 11.7. The number of hydrogen-bond donors (Lipinski definition) is 0. The van der Waals surface area contributed by atoms with E-state index in [1.807, 2.05) is 0 Å². The first-order valence-corrected chi connectivity index (χ1v) is 5.09. The molecule has 0 bridgehead atoms. The van der Waals surface area contributed by atoms with Gasteiger partial charge in [0.25, 0.3) is 0 Å². The molecule has 2 saturated heterocycles. The normalized spacial score (nSPS) is 28.3. The maximum atomic E-state index is 11.7. The van der Waals surface area contributed by atoms with Crippen LogP contribution in [0.2, 0.25) is 0 Å². The van der Waals surface area contributed by atoms with Gasteiger partial charge in [0, 0.05) is 10.8 Å². The second kappa shape index (κ2) is 3.45. The van der Waals surface area contributed by atoms with Crippen molar-refractivity contribution in [3.8, 4) is 0 Å². The van der Waals surface area contributed by atoms with E-state index in [2.05, 4.69) is 13.8 Å². The van der Waals surface area contributed by atoms with E-state index in [0.29, 0.717) is 13.1 Å². The summed E-state index contributed by atoms with van der Waals surface area (Å²) in [6.07, 6.45) is 0. The highest BCUT2D eigenvalue weighted by atomic mass is 16.5. The highest BCUT2D eigenvalue weighted by Crippen LogP contribution is 2.31. The molecule has 0 aromatic rings. The summed E-state index contributed by atoms with van der Waals surface area (Å²) in [6.45, 7) is 8.25. The molecule has 0 spiro atoms. The van der Waals surface area contributed by atoms with Crippen molar-refractivity contribution in [2.45, 2.75) is 13.8 Å². The van der Waals surface area contributed by atoms with Crippen molar-refractivity contribution in [2.24, 2.45) is 10.8 Å². The molecule has 4 nitrogen and oxygen atoms in total. The van der Waals surface area contributed by atoms with E-state index in [0.717, 1.165) is 26.4 Å². The van der Waals surface area contributed by atoms with Crippen LogP contribution < -0.4 is 0 Å². The van der Waals surface area contributed by atoms with E-state index in [1.54, 1.807) is 0 Å². The summed E-state index contributed by atoms with van der Waals surface area (Å²) in [7, 11) is 0. The van der Waals surface area contributed by atoms with Crippen molar-refractivity contribution < 1.29 is 9.47 Å². The van der Waals surface area contributed by atoms with Crippen LogP contribution in [-0.2, 0) is 9.47 Å². The van der Waals surface area contributed by atoms with Crippen LogP contribution in [0.3, 0.4) is 0 Å². The standard InChI is InChI=1S/C10H18NO3/c1-9(5-13-6-9)3-11(12)4-10(2)7-14-8-10/h3-8H2,1-2H3/q-1. The summed E-state index contributed by atoms with van der Waals surface area (Å²) in [4.78, 5) is 0. The summed E-state index contributed by atoms with van der Waals surface area (Å²) in [5.74, 6) is 0. The minimum absolute atomic E-state index is 0.0860. The molecule has 4 heteroatoms. The molecule has 2 aliphatic heterocycles. The van der Waals surface area contributed by atoms with Crippen LogP contribution in [0, 0.1) is 16.0 Å². The minimum atomic E-state index is 0.0860. The fourth-order valence-corrected chi connectivity index (χ4v) is 1.99. The van der Waals surface area contributed by atoms with Crippen molar-refractivity contribution in [1.82, 2.24) is 5.06 Å². The van der Waals surface area contributed by atoms with Crippen molar-refractivity contribution in [3.05, 3.63) is 5.21 Å². The van der Waals surface area contributed by atoms with Crippen LogP contribution in [0.15, 0.2) is 0 Å². The van der Waals surface area contributed by atoms with Crippen LogP contribution in [0.5, 0.6) is 0 Å². The Morgan fingerprint density at radius 3 is 1.57 bits per heavy atom. The highest BCUT2D eigenvalue weighted by molar-refractivity contribution is 4.89. The largest absolute Gasteiger partial charge is 0.785 e. The molecule has 2 rings (SSSR count). The lowest BCUT2D eigenvalue weighted by atomic mass is 9.85. The smallest absolute Gasteiger partial charge is 0.0554 e. The maximum Gasteiger partial charge on any atom is 0.0554 e. The lowest BCUT2D eigenvalue weighted by Crippen LogP contribution is -2.52. The first-order valence-electron chi connectivity index (χ1n) is 5.09. The van der Waals surface area contributed by atoms with E-state index in [4.69, 9.17) is 9.47 Å². The number of hydrogen-bond acceptors (Lipinski definition) is 4. The zero-order valence-corrected chi connectivity index (χ0v) is 8.91. The molecule has 0 N–H and O–H groups in total. The highest BCUT2D eigenvalue weighted by Gasteiger charge is 2.37. The molecule has 0 amide bonds. The quantitative estimate of drug-likeness (QED) is 0.631. The van der Waals surface area contributed by atoms with Gasteiger partial charge in [0.05, 0.1) is 26.4 Å². The number of rotatable bonds is 4. The Hall–Kier alpha value is -0.160. The Morgan fingerprint density at radius 2 is 1.36 bits per heavy atom. The predicted molar refractivity (Wildman–Crippen MR) is 52.8 cm³/mol. The molecular formula is C10H18NO3-. The predicted octanol–water partition coefficient (Wildman–Crippen LogP) is 0.859. The summed E-state index contributed by atoms with van der Waals surface area (Å²) >= 11 is 0. The van der Waals surface area contributed by atoms with Crippen LogP contribution in [0.4, 0.5) is 0 Å². The monoisotopic (exact) mass is 200 g/mol. The minimum Gasteiger partial charge on any atom is -0.785 e. The van der Waals surface area contributed by atoms with Crippen LogP contribution >= 0.6 is 0 Å². The summed E-state index contributed by atoms with van der Waals surface area (Å²) in [5, 5.41) is 12.8. The van der Waals surface area contributed by atoms with E-state index < -0.39 is 0 Å². The van der Waals surface area contributed by atoms with Gasteiger partial charge >= 0.3 is 0 Å². The summed E-state index contributed by atoms with van der Waals surface area (Å²) in [5.41, 5.74) is 0.172.